The molecule has 0 unspecified atom stereocenters. The van der Waals surface area contributed by atoms with Gasteiger partial charge in [-0.15, -0.1) is 0 Å². The number of benzene rings is 1. The van der Waals surface area contributed by atoms with Gasteiger partial charge in [-0.2, -0.15) is 4.31 Å². The molecule has 0 saturated carbocycles. The molecule has 7 heteroatoms. The molecule has 0 aliphatic carbocycles. The van der Waals surface area contributed by atoms with Gasteiger partial charge in [0.1, 0.15) is 0 Å². The van der Waals surface area contributed by atoms with Crippen LogP contribution in [-0.4, -0.2) is 57.5 Å². The Morgan fingerprint density at radius 2 is 1.90 bits per heavy atom. The maximum Gasteiger partial charge on any atom is 0.243 e. The van der Waals surface area contributed by atoms with Crippen LogP contribution in [0.15, 0.2) is 23.1 Å². The normalized spacial score (nSPS) is 17.9. The number of ether oxygens (including phenoxy) is 1. The second kappa shape index (κ2) is 6.72. The Morgan fingerprint density at radius 1 is 1.24 bits per heavy atom. The zero-order valence-electron chi connectivity index (χ0n) is 12.4. The average molecular weight is 316 g/mol. The Hall–Kier alpha value is -1.18. The highest BCUT2D eigenvalue weighted by Gasteiger charge is 2.28. The number of piperazine rings is 1. The fraction of sp³-hybridized carbons (Fsp3) is 0.571. The van der Waals surface area contributed by atoms with Gasteiger partial charge in [-0.3, -0.25) is 0 Å². The van der Waals surface area contributed by atoms with E-state index in [1.807, 2.05) is 0 Å². The summed E-state index contributed by atoms with van der Waals surface area (Å²) >= 11 is 0. The standard InChI is InChI=1S/C14H21FN2O3S/c1-3-6-16-7-9-17(10-8-16)21(18,19)12-4-5-14(20-2)13(15)11-12/h4-5,11H,3,6-10H2,1-2H3. The lowest BCUT2D eigenvalue weighted by Crippen LogP contribution is -2.48. The van der Waals surface area contributed by atoms with Crippen LogP contribution in [0, 0.1) is 5.82 Å². The maximum atomic E-state index is 13.7. The molecule has 1 aromatic rings. The highest BCUT2D eigenvalue weighted by Crippen LogP contribution is 2.23. The van der Waals surface area contributed by atoms with Gasteiger partial charge in [0.2, 0.25) is 10.0 Å². The fourth-order valence-electron chi connectivity index (χ4n) is 2.47. The van der Waals surface area contributed by atoms with Gasteiger partial charge in [-0.1, -0.05) is 6.92 Å². The molecule has 2 rings (SSSR count). The topological polar surface area (TPSA) is 49.9 Å². The molecule has 1 fully saturated rings. The smallest absolute Gasteiger partial charge is 0.243 e. The molecule has 1 aromatic carbocycles. The van der Waals surface area contributed by atoms with Crippen molar-refractivity contribution in [3.8, 4) is 5.75 Å². The summed E-state index contributed by atoms with van der Waals surface area (Å²) < 4.78 is 44.9. The largest absolute Gasteiger partial charge is 0.494 e. The first-order valence-corrected chi connectivity index (χ1v) is 8.49. The van der Waals surface area contributed by atoms with Crippen LogP contribution in [0.2, 0.25) is 0 Å². The Labute approximate surface area is 125 Å². The van der Waals surface area contributed by atoms with E-state index >= 15 is 0 Å². The molecule has 0 radical (unpaired) electrons. The van der Waals surface area contributed by atoms with Gasteiger partial charge in [0.25, 0.3) is 0 Å². The third-order valence-corrected chi connectivity index (χ3v) is 5.53. The van der Waals surface area contributed by atoms with Crippen molar-refractivity contribution >= 4 is 10.0 Å². The number of sulfonamides is 1. The molecule has 1 aliphatic rings. The van der Waals surface area contributed by atoms with Crippen molar-refractivity contribution < 1.29 is 17.5 Å². The van der Waals surface area contributed by atoms with E-state index < -0.39 is 15.8 Å². The number of methoxy groups -OCH3 is 1. The minimum absolute atomic E-state index is 0.0234. The van der Waals surface area contributed by atoms with Gasteiger partial charge >= 0.3 is 0 Å². The molecular formula is C14H21FN2O3S. The van der Waals surface area contributed by atoms with Crippen molar-refractivity contribution in [2.45, 2.75) is 18.2 Å². The monoisotopic (exact) mass is 316 g/mol. The molecule has 0 amide bonds. The quantitative estimate of drug-likeness (QED) is 0.827. The molecule has 0 spiro atoms. The minimum Gasteiger partial charge on any atom is -0.494 e. The minimum atomic E-state index is -3.64. The van der Waals surface area contributed by atoms with Crippen LogP contribution in [0.5, 0.6) is 5.75 Å². The SMILES string of the molecule is CCCN1CCN(S(=O)(=O)c2ccc(OC)c(F)c2)CC1. The first-order valence-electron chi connectivity index (χ1n) is 7.05. The molecule has 1 aliphatic heterocycles. The van der Waals surface area contributed by atoms with Gasteiger partial charge < -0.3 is 9.64 Å². The molecule has 0 aromatic heterocycles. The van der Waals surface area contributed by atoms with Crippen LogP contribution in [0.25, 0.3) is 0 Å². The van der Waals surface area contributed by atoms with Crippen LogP contribution in [-0.2, 0) is 10.0 Å². The molecule has 1 heterocycles. The van der Waals surface area contributed by atoms with Crippen molar-refractivity contribution in [3.05, 3.63) is 24.0 Å². The van der Waals surface area contributed by atoms with Crippen LogP contribution in [0.4, 0.5) is 4.39 Å². The van der Waals surface area contributed by atoms with E-state index in [2.05, 4.69) is 11.8 Å². The van der Waals surface area contributed by atoms with E-state index in [1.54, 1.807) is 0 Å². The molecule has 0 atom stereocenters. The van der Waals surface area contributed by atoms with Crippen molar-refractivity contribution in [2.24, 2.45) is 0 Å². The lowest BCUT2D eigenvalue weighted by molar-refractivity contribution is 0.188. The third kappa shape index (κ3) is 3.53. The second-order valence-corrected chi connectivity index (χ2v) is 6.98. The van der Waals surface area contributed by atoms with E-state index in [9.17, 15) is 12.8 Å². The lowest BCUT2D eigenvalue weighted by Gasteiger charge is -2.33. The van der Waals surface area contributed by atoms with Gasteiger partial charge in [0.05, 0.1) is 12.0 Å². The summed E-state index contributed by atoms with van der Waals surface area (Å²) in [6.07, 6.45) is 1.05. The van der Waals surface area contributed by atoms with E-state index in [1.165, 1.54) is 23.5 Å². The Bertz CT molecular complexity index is 584. The summed E-state index contributed by atoms with van der Waals surface area (Å²) in [6, 6.07) is 3.75. The molecule has 118 valence electrons. The molecular weight excluding hydrogens is 295 g/mol. The Kier molecular flexibility index (Phi) is 5.18. The van der Waals surface area contributed by atoms with Crippen LogP contribution >= 0.6 is 0 Å². The predicted molar refractivity (Wildman–Crippen MR) is 78.4 cm³/mol. The van der Waals surface area contributed by atoms with Crippen molar-refractivity contribution in [3.63, 3.8) is 0 Å². The van der Waals surface area contributed by atoms with Gasteiger partial charge in [-0.05, 0) is 31.2 Å². The number of hydrogen-bond donors (Lipinski definition) is 0. The summed E-state index contributed by atoms with van der Waals surface area (Å²) in [6.45, 7) is 5.39. The van der Waals surface area contributed by atoms with E-state index in [0.29, 0.717) is 26.2 Å². The highest BCUT2D eigenvalue weighted by molar-refractivity contribution is 7.89. The van der Waals surface area contributed by atoms with Gasteiger partial charge in [0.15, 0.2) is 11.6 Å². The van der Waals surface area contributed by atoms with Crippen LogP contribution < -0.4 is 4.74 Å². The summed E-state index contributed by atoms with van der Waals surface area (Å²) in [5.41, 5.74) is 0. The predicted octanol–water partition coefficient (Wildman–Crippen LogP) is 1.55. The van der Waals surface area contributed by atoms with Crippen LogP contribution in [0.1, 0.15) is 13.3 Å². The first kappa shape index (κ1) is 16.2. The maximum absolute atomic E-state index is 13.7. The summed E-state index contributed by atoms with van der Waals surface area (Å²) in [5, 5.41) is 0. The molecule has 5 nitrogen and oxygen atoms in total. The molecule has 1 saturated heterocycles. The lowest BCUT2D eigenvalue weighted by atomic mass is 10.3. The summed E-state index contributed by atoms with van der Waals surface area (Å²) in [4.78, 5) is 2.21. The summed E-state index contributed by atoms with van der Waals surface area (Å²) in [7, 11) is -2.29. The zero-order valence-corrected chi connectivity index (χ0v) is 13.2. The number of nitrogens with zero attached hydrogens (tertiary/aromatic N) is 2. The molecule has 0 N–H and O–H groups in total. The second-order valence-electron chi connectivity index (χ2n) is 5.04. The average Bonchev–Trinajstić information content (AvgIpc) is 2.48. The van der Waals surface area contributed by atoms with Gasteiger partial charge in [-0.25, -0.2) is 12.8 Å². The van der Waals surface area contributed by atoms with Crippen molar-refractivity contribution in [1.29, 1.82) is 0 Å². The highest BCUT2D eigenvalue weighted by atomic mass is 32.2. The number of rotatable bonds is 5. The van der Waals surface area contributed by atoms with Crippen LogP contribution in [0.3, 0.4) is 0 Å². The Morgan fingerprint density at radius 3 is 2.43 bits per heavy atom. The third-order valence-electron chi connectivity index (χ3n) is 3.63. The summed E-state index contributed by atoms with van der Waals surface area (Å²) in [5.74, 6) is -0.620. The van der Waals surface area contributed by atoms with E-state index in [4.69, 9.17) is 4.74 Å². The van der Waals surface area contributed by atoms with Crippen molar-refractivity contribution in [1.82, 2.24) is 9.21 Å². The Balaban J connectivity index is 2.14. The molecule has 21 heavy (non-hydrogen) atoms. The van der Waals surface area contributed by atoms with E-state index in [-0.39, 0.29) is 10.6 Å². The molecule has 0 bridgehead atoms. The zero-order chi connectivity index (χ0) is 15.5. The van der Waals surface area contributed by atoms with Crippen molar-refractivity contribution in [2.75, 3.05) is 39.8 Å². The number of hydrogen-bond acceptors (Lipinski definition) is 4. The fourth-order valence-corrected chi connectivity index (χ4v) is 3.90. The van der Waals surface area contributed by atoms with Gasteiger partial charge in [0, 0.05) is 26.2 Å². The number of halogens is 1. The van der Waals surface area contributed by atoms with E-state index in [0.717, 1.165) is 19.0 Å². The first-order chi connectivity index (χ1) is 9.98.